The SMILES string of the molecule is CCC(C)CN1CC(CC)(CC)NCC1(CC)CC. The fourth-order valence-corrected chi connectivity index (χ4v) is 3.49. The fourth-order valence-electron chi connectivity index (χ4n) is 3.49. The van der Waals surface area contributed by atoms with Gasteiger partial charge in [0.25, 0.3) is 0 Å². The highest BCUT2D eigenvalue weighted by Gasteiger charge is 2.44. The van der Waals surface area contributed by atoms with Gasteiger partial charge >= 0.3 is 0 Å². The molecule has 1 N–H and O–H groups in total. The third-order valence-electron chi connectivity index (χ3n) is 5.86. The molecule has 1 fully saturated rings. The normalized spacial score (nSPS) is 24.3. The number of rotatable bonds is 7. The molecule has 19 heavy (non-hydrogen) atoms. The van der Waals surface area contributed by atoms with Crippen molar-refractivity contribution in [2.75, 3.05) is 19.6 Å². The van der Waals surface area contributed by atoms with Gasteiger partial charge in [-0.15, -0.1) is 0 Å². The molecule has 1 unspecified atom stereocenters. The van der Waals surface area contributed by atoms with Crippen molar-refractivity contribution in [3.05, 3.63) is 0 Å². The summed E-state index contributed by atoms with van der Waals surface area (Å²) in [5.74, 6) is 0.807. The van der Waals surface area contributed by atoms with Crippen molar-refractivity contribution in [3.63, 3.8) is 0 Å². The van der Waals surface area contributed by atoms with Crippen LogP contribution in [0.3, 0.4) is 0 Å². The van der Waals surface area contributed by atoms with E-state index in [1.165, 1.54) is 45.2 Å². The van der Waals surface area contributed by atoms with Crippen LogP contribution in [0.15, 0.2) is 0 Å². The van der Waals surface area contributed by atoms with Crippen molar-refractivity contribution in [2.24, 2.45) is 5.92 Å². The Kier molecular flexibility index (Phi) is 6.32. The van der Waals surface area contributed by atoms with Crippen molar-refractivity contribution in [1.29, 1.82) is 0 Å². The average Bonchev–Trinajstić information content (AvgIpc) is 2.47. The van der Waals surface area contributed by atoms with E-state index in [0.717, 1.165) is 12.5 Å². The average molecular weight is 268 g/mol. The largest absolute Gasteiger partial charge is 0.308 e. The van der Waals surface area contributed by atoms with Crippen LogP contribution < -0.4 is 5.32 Å². The van der Waals surface area contributed by atoms with Gasteiger partial charge in [0.1, 0.15) is 0 Å². The second-order valence-corrected chi connectivity index (χ2v) is 6.67. The Hall–Kier alpha value is -0.0800. The van der Waals surface area contributed by atoms with E-state index in [1.807, 2.05) is 0 Å². The molecule has 0 aromatic heterocycles. The molecule has 0 aromatic rings. The van der Waals surface area contributed by atoms with Crippen LogP contribution in [0, 0.1) is 5.92 Å². The quantitative estimate of drug-likeness (QED) is 0.749. The molecular formula is C17H36N2. The molecule has 1 aliphatic heterocycles. The van der Waals surface area contributed by atoms with Gasteiger partial charge in [-0.3, -0.25) is 4.90 Å². The highest BCUT2D eigenvalue weighted by Crippen LogP contribution is 2.33. The van der Waals surface area contributed by atoms with Crippen LogP contribution in [0.1, 0.15) is 73.6 Å². The van der Waals surface area contributed by atoms with E-state index in [-0.39, 0.29) is 0 Å². The zero-order chi connectivity index (χ0) is 14.5. The molecule has 1 heterocycles. The third-order valence-corrected chi connectivity index (χ3v) is 5.86. The van der Waals surface area contributed by atoms with E-state index >= 15 is 0 Å². The Balaban J connectivity index is 2.91. The Morgan fingerprint density at radius 2 is 1.58 bits per heavy atom. The van der Waals surface area contributed by atoms with Gasteiger partial charge in [0.2, 0.25) is 0 Å². The molecule has 114 valence electrons. The molecule has 1 rings (SSSR count). The summed E-state index contributed by atoms with van der Waals surface area (Å²) in [7, 11) is 0. The first kappa shape index (κ1) is 17.0. The number of nitrogens with one attached hydrogen (secondary N) is 1. The Morgan fingerprint density at radius 3 is 2.00 bits per heavy atom. The van der Waals surface area contributed by atoms with Crippen LogP contribution in [0.2, 0.25) is 0 Å². The van der Waals surface area contributed by atoms with Crippen LogP contribution in [0.5, 0.6) is 0 Å². The Labute approximate surface area is 121 Å². The molecule has 1 saturated heterocycles. The highest BCUT2D eigenvalue weighted by molar-refractivity contribution is 5.03. The van der Waals surface area contributed by atoms with E-state index in [0.29, 0.717) is 11.1 Å². The zero-order valence-corrected chi connectivity index (χ0v) is 14.2. The van der Waals surface area contributed by atoms with Gasteiger partial charge in [-0.1, -0.05) is 48.0 Å². The predicted molar refractivity (Wildman–Crippen MR) is 85.7 cm³/mol. The summed E-state index contributed by atoms with van der Waals surface area (Å²) in [6.07, 6.45) is 6.29. The Morgan fingerprint density at radius 1 is 1.00 bits per heavy atom. The van der Waals surface area contributed by atoms with Gasteiger partial charge in [0, 0.05) is 30.7 Å². The first-order chi connectivity index (χ1) is 9.01. The smallest absolute Gasteiger partial charge is 0.0329 e. The summed E-state index contributed by atoms with van der Waals surface area (Å²) < 4.78 is 0. The number of hydrogen-bond donors (Lipinski definition) is 1. The molecular weight excluding hydrogens is 232 g/mol. The lowest BCUT2D eigenvalue weighted by atomic mass is 9.80. The second kappa shape index (κ2) is 7.08. The topological polar surface area (TPSA) is 15.3 Å². The van der Waals surface area contributed by atoms with Gasteiger partial charge in [-0.25, -0.2) is 0 Å². The maximum absolute atomic E-state index is 3.90. The van der Waals surface area contributed by atoms with Crippen molar-refractivity contribution in [3.8, 4) is 0 Å². The van der Waals surface area contributed by atoms with Gasteiger partial charge in [0.15, 0.2) is 0 Å². The Bertz CT molecular complexity index is 254. The lowest BCUT2D eigenvalue weighted by Crippen LogP contribution is -2.70. The van der Waals surface area contributed by atoms with Crippen LogP contribution in [0.25, 0.3) is 0 Å². The number of hydrogen-bond acceptors (Lipinski definition) is 2. The molecule has 1 atom stereocenters. The fraction of sp³-hybridized carbons (Fsp3) is 1.00. The lowest BCUT2D eigenvalue weighted by Gasteiger charge is -2.55. The van der Waals surface area contributed by atoms with Gasteiger partial charge < -0.3 is 5.32 Å². The predicted octanol–water partition coefficient (Wildman–Crippen LogP) is 4.06. The molecule has 0 aromatic carbocycles. The van der Waals surface area contributed by atoms with Crippen LogP contribution >= 0.6 is 0 Å². The minimum absolute atomic E-state index is 0.349. The molecule has 0 amide bonds. The van der Waals surface area contributed by atoms with Crippen LogP contribution in [-0.2, 0) is 0 Å². The molecule has 0 radical (unpaired) electrons. The molecule has 0 saturated carbocycles. The standard InChI is InChI=1S/C17H36N2/c1-7-15(6)12-19-14-16(8-2,9-3)18-13-17(19,10-4)11-5/h15,18H,7-14H2,1-6H3. The van der Waals surface area contributed by atoms with Crippen molar-refractivity contribution < 1.29 is 0 Å². The summed E-state index contributed by atoms with van der Waals surface area (Å²) in [6.45, 7) is 17.8. The van der Waals surface area contributed by atoms with E-state index in [9.17, 15) is 0 Å². The second-order valence-electron chi connectivity index (χ2n) is 6.67. The molecule has 2 heteroatoms. The summed E-state index contributed by atoms with van der Waals surface area (Å²) in [5.41, 5.74) is 0.735. The van der Waals surface area contributed by atoms with Gasteiger partial charge in [-0.05, 0) is 31.6 Å². The maximum atomic E-state index is 3.90. The minimum atomic E-state index is 0.349. The van der Waals surface area contributed by atoms with E-state index < -0.39 is 0 Å². The third kappa shape index (κ3) is 3.52. The molecule has 0 spiro atoms. The zero-order valence-electron chi connectivity index (χ0n) is 14.2. The van der Waals surface area contributed by atoms with Gasteiger partial charge in [-0.2, -0.15) is 0 Å². The first-order valence-electron chi connectivity index (χ1n) is 8.51. The number of piperazine rings is 1. The van der Waals surface area contributed by atoms with E-state index in [1.54, 1.807) is 0 Å². The van der Waals surface area contributed by atoms with E-state index in [4.69, 9.17) is 0 Å². The summed E-state index contributed by atoms with van der Waals surface area (Å²) >= 11 is 0. The van der Waals surface area contributed by atoms with Crippen molar-refractivity contribution in [2.45, 2.75) is 84.7 Å². The summed E-state index contributed by atoms with van der Waals surface area (Å²) in [5, 5.41) is 3.90. The van der Waals surface area contributed by atoms with Crippen molar-refractivity contribution in [1.82, 2.24) is 10.2 Å². The van der Waals surface area contributed by atoms with Crippen LogP contribution in [0.4, 0.5) is 0 Å². The monoisotopic (exact) mass is 268 g/mol. The minimum Gasteiger partial charge on any atom is -0.308 e. The molecule has 0 aliphatic carbocycles. The molecule has 2 nitrogen and oxygen atoms in total. The highest BCUT2D eigenvalue weighted by atomic mass is 15.3. The lowest BCUT2D eigenvalue weighted by molar-refractivity contribution is -0.0138. The first-order valence-corrected chi connectivity index (χ1v) is 8.51. The number of nitrogens with zero attached hydrogens (tertiary/aromatic N) is 1. The van der Waals surface area contributed by atoms with Gasteiger partial charge in [0.05, 0.1) is 0 Å². The van der Waals surface area contributed by atoms with Crippen molar-refractivity contribution >= 4 is 0 Å². The maximum Gasteiger partial charge on any atom is 0.0329 e. The summed E-state index contributed by atoms with van der Waals surface area (Å²) in [6, 6.07) is 0. The van der Waals surface area contributed by atoms with Crippen LogP contribution in [-0.4, -0.2) is 35.6 Å². The van der Waals surface area contributed by atoms with E-state index in [2.05, 4.69) is 51.8 Å². The molecule has 0 bridgehead atoms. The molecule has 1 aliphatic rings. The summed E-state index contributed by atoms with van der Waals surface area (Å²) in [4.78, 5) is 2.82.